The van der Waals surface area contributed by atoms with Gasteiger partial charge < -0.3 is 10.2 Å². The van der Waals surface area contributed by atoms with E-state index in [9.17, 15) is 9.59 Å². The van der Waals surface area contributed by atoms with Crippen LogP contribution < -0.4 is 5.32 Å². The van der Waals surface area contributed by atoms with E-state index in [0.29, 0.717) is 11.4 Å². The lowest BCUT2D eigenvalue weighted by molar-refractivity contribution is -0.118. The van der Waals surface area contributed by atoms with E-state index in [2.05, 4.69) is 5.32 Å². The zero-order valence-corrected chi connectivity index (χ0v) is 11.7. The summed E-state index contributed by atoms with van der Waals surface area (Å²) in [6.07, 6.45) is 1.70. The molecular weight excluding hydrogens is 272 g/mol. The number of hydrogen-bond donors (Lipinski definition) is 1. The molecule has 0 atom stereocenters. The van der Waals surface area contributed by atoms with E-state index in [4.69, 9.17) is 0 Å². The highest BCUT2D eigenvalue weighted by Gasteiger charge is 2.20. The van der Waals surface area contributed by atoms with Crippen LogP contribution in [0.4, 0.5) is 5.69 Å². The number of nitrogens with zero attached hydrogens (tertiary/aromatic N) is 1. The van der Waals surface area contributed by atoms with Gasteiger partial charge in [0.15, 0.2) is 0 Å². The SMILES string of the molecule is O=CN1CCc2sc(C(=O)Nc3ccccc3)cc2C1. The Morgan fingerprint density at radius 3 is 2.85 bits per heavy atom. The number of thiophene rings is 1. The van der Waals surface area contributed by atoms with Crippen LogP contribution in [-0.2, 0) is 17.8 Å². The minimum absolute atomic E-state index is 0.0896. The smallest absolute Gasteiger partial charge is 0.265 e. The van der Waals surface area contributed by atoms with Crippen LogP contribution in [0.25, 0.3) is 0 Å². The molecule has 2 aromatic rings. The number of carbonyl (C=O) groups excluding carboxylic acids is 2. The van der Waals surface area contributed by atoms with Gasteiger partial charge in [-0.1, -0.05) is 18.2 Å². The van der Waals surface area contributed by atoms with Crippen LogP contribution in [0.5, 0.6) is 0 Å². The summed E-state index contributed by atoms with van der Waals surface area (Å²) in [7, 11) is 0. The van der Waals surface area contributed by atoms with Crippen molar-refractivity contribution in [2.24, 2.45) is 0 Å². The molecule has 3 rings (SSSR count). The number of nitrogens with one attached hydrogen (secondary N) is 1. The quantitative estimate of drug-likeness (QED) is 0.881. The Hall–Kier alpha value is -2.14. The average Bonchev–Trinajstić information content (AvgIpc) is 2.91. The van der Waals surface area contributed by atoms with Crippen molar-refractivity contribution >= 4 is 29.3 Å². The van der Waals surface area contributed by atoms with Crippen LogP contribution in [0, 0.1) is 0 Å². The van der Waals surface area contributed by atoms with Crippen LogP contribution in [0.15, 0.2) is 36.4 Å². The molecule has 102 valence electrons. The van der Waals surface area contributed by atoms with Gasteiger partial charge >= 0.3 is 0 Å². The highest BCUT2D eigenvalue weighted by atomic mass is 32.1. The van der Waals surface area contributed by atoms with Crippen molar-refractivity contribution in [1.29, 1.82) is 0 Å². The number of hydrogen-bond acceptors (Lipinski definition) is 3. The average molecular weight is 286 g/mol. The molecule has 2 heterocycles. The van der Waals surface area contributed by atoms with E-state index in [1.165, 1.54) is 16.2 Å². The summed E-state index contributed by atoms with van der Waals surface area (Å²) in [5, 5.41) is 2.88. The van der Waals surface area contributed by atoms with E-state index < -0.39 is 0 Å². The molecule has 0 saturated carbocycles. The lowest BCUT2D eigenvalue weighted by Gasteiger charge is -2.22. The van der Waals surface area contributed by atoms with Gasteiger partial charge in [0.2, 0.25) is 6.41 Å². The maximum Gasteiger partial charge on any atom is 0.265 e. The van der Waals surface area contributed by atoms with Crippen LogP contribution in [0.2, 0.25) is 0 Å². The van der Waals surface area contributed by atoms with Gasteiger partial charge in [-0.2, -0.15) is 0 Å². The molecule has 0 spiro atoms. The topological polar surface area (TPSA) is 49.4 Å². The first-order valence-electron chi connectivity index (χ1n) is 6.43. The molecule has 1 aliphatic rings. The molecular formula is C15H14N2O2S. The fraction of sp³-hybridized carbons (Fsp3) is 0.200. The Morgan fingerprint density at radius 1 is 1.30 bits per heavy atom. The molecule has 4 nitrogen and oxygen atoms in total. The van der Waals surface area contributed by atoms with Crippen LogP contribution >= 0.6 is 11.3 Å². The maximum absolute atomic E-state index is 12.2. The molecule has 20 heavy (non-hydrogen) atoms. The van der Waals surface area contributed by atoms with Crippen molar-refractivity contribution in [3.05, 3.63) is 51.7 Å². The minimum Gasteiger partial charge on any atom is -0.341 e. The minimum atomic E-state index is -0.0896. The first-order valence-corrected chi connectivity index (χ1v) is 7.25. The van der Waals surface area contributed by atoms with Crippen molar-refractivity contribution in [3.8, 4) is 0 Å². The van der Waals surface area contributed by atoms with E-state index in [1.807, 2.05) is 36.4 Å². The summed E-state index contributed by atoms with van der Waals surface area (Å²) in [6.45, 7) is 1.34. The second-order valence-corrected chi connectivity index (χ2v) is 5.84. The Bertz CT molecular complexity index is 637. The van der Waals surface area contributed by atoms with Gasteiger partial charge in [0.1, 0.15) is 0 Å². The third-order valence-electron chi connectivity index (χ3n) is 3.30. The number of fused-ring (bicyclic) bond motifs is 1. The monoisotopic (exact) mass is 286 g/mol. The molecule has 0 fully saturated rings. The molecule has 1 aliphatic heterocycles. The standard InChI is InChI=1S/C15H14N2O2S/c18-10-17-7-6-13-11(9-17)8-14(20-13)15(19)16-12-4-2-1-3-5-12/h1-5,8,10H,6-7,9H2,(H,16,19). The van der Waals surface area contributed by atoms with Crippen LogP contribution in [-0.4, -0.2) is 23.8 Å². The predicted octanol–water partition coefficient (Wildman–Crippen LogP) is 2.51. The number of anilines is 1. The van der Waals surface area contributed by atoms with Gasteiger partial charge in [-0.15, -0.1) is 11.3 Å². The molecule has 1 N–H and O–H groups in total. The largest absolute Gasteiger partial charge is 0.341 e. The van der Waals surface area contributed by atoms with Crippen molar-refractivity contribution in [1.82, 2.24) is 4.90 Å². The zero-order valence-electron chi connectivity index (χ0n) is 10.8. The van der Waals surface area contributed by atoms with Gasteiger partial charge in [-0.3, -0.25) is 9.59 Å². The third-order valence-corrected chi connectivity index (χ3v) is 4.54. The summed E-state index contributed by atoms with van der Waals surface area (Å²) in [6, 6.07) is 11.3. The second-order valence-electron chi connectivity index (χ2n) is 4.71. The lowest BCUT2D eigenvalue weighted by Crippen LogP contribution is -2.27. The lowest BCUT2D eigenvalue weighted by atomic mass is 10.1. The second kappa shape index (κ2) is 5.46. The van der Waals surface area contributed by atoms with Gasteiger partial charge in [-0.05, 0) is 30.2 Å². The first kappa shape index (κ1) is 12.9. The van der Waals surface area contributed by atoms with Crippen LogP contribution in [0.3, 0.4) is 0 Å². The first-order chi connectivity index (χ1) is 9.76. The van der Waals surface area contributed by atoms with Gasteiger partial charge in [0.05, 0.1) is 4.88 Å². The van der Waals surface area contributed by atoms with Gasteiger partial charge in [0, 0.05) is 23.7 Å². The Kier molecular flexibility index (Phi) is 3.52. The zero-order chi connectivity index (χ0) is 13.9. The van der Waals surface area contributed by atoms with E-state index in [1.54, 1.807) is 4.90 Å². The molecule has 2 amide bonds. The third kappa shape index (κ3) is 2.58. The molecule has 0 radical (unpaired) electrons. The summed E-state index contributed by atoms with van der Waals surface area (Å²) in [4.78, 5) is 26.6. The highest BCUT2D eigenvalue weighted by Crippen LogP contribution is 2.28. The highest BCUT2D eigenvalue weighted by molar-refractivity contribution is 7.14. The Morgan fingerprint density at radius 2 is 2.10 bits per heavy atom. The molecule has 0 unspecified atom stereocenters. The fourth-order valence-electron chi connectivity index (χ4n) is 2.27. The Balaban J connectivity index is 1.77. The van der Waals surface area contributed by atoms with E-state index >= 15 is 0 Å². The molecule has 0 aliphatic carbocycles. The Labute approximate surface area is 121 Å². The number of benzene rings is 1. The fourth-order valence-corrected chi connectivity index (χ4v) is 3.33. The summed E-state index contributed by atoms with van der Waals surface area (Å²) >= 11 is 1.52. The molecule has 1 aromatic carbocycles. The van der Waals surface area contributed by atoms with E-state index in [0.717, 1.165) is 30.6 Å². The maximum atomic E-state index is 12.2. The summed E-state index contributed by atoms with van der Waals surface area (Å²) in [5.74, 6) is -0.0896. The van der Waals surface area contributed by atoms with Crippen molar-refractivity contribution in [3.63, 3.8) is 0 Å². The number of amides is 2. The van der Waals surface area contributed by atoms with E-state index in [-0.39, 0.29) is 5.91 Å². The molecule has 0 bridgehead atoms. The van der Waals surface area contributed by atoms with Gasteiger partial charge in [-0.25, -0.2) is 0 Å². The predicted molar refractivity (Wildman–Crippen MR) is 78.9 cm³/mol. The van der Waals surface area contributed by atoms with Gasteiger partial charge in [0.25, 0.3) is 5.91 Å². The normalized spacial score (nSPS) is 13.7. The number of carbonyl (C=O) groups is 2. The van der Waals surface area contributed by atoms with Crippen molar-refractivity contribution in [2.45, 2.75) is 13.0 Å². The number of para-hydroxylation sites is 1. The molecule has 5 heteroatoms. The molecule has 1 aromatic heterocycles. The van der Waals surface area contributed by atoms with Crippen LogP contribution in [0.1, 0.15) is 20.1 Å². The summed E-state index contributed by atoms with van der Waals surface area (Å²) in [5.41, 5.74) is 1.88. The van der Waals surface area contributed by atoms with Crippen molar-refractivity contribution < 1.29 is 9.59 Å². The molecule has 0 saturated heterocycles. The number of rotatable bonds is 3. The summed E-state index contributed by atoms with van der Waals surface area (Å²) < 4.78 is 0. The van der Waals surface area contributed by atoms with Crippen molar-refractivity contribution in [2.75, 3.05) is 11.9 Å².